The lowest BCUT2D eigenvalue weighted by atomic mass is 10.2. The van der Waals surface area contributed by atoms with Gasteiger partial charge in [-0.3, -0.25) is 9.69 Å². The van der Waals surface area contributed by atoms with Crippen molar-refractivity contribution >= 4 is 5.97 Å². The largest absolute Gasteiger partial charge is 0.480 e. The zero-order chi connectivity index (χ0) is 11.3. The Morgan fingerprint density at radius 3 is 2.67 bits per heavy atom. The van der Waals surface area contributed by atoms with E-state index in [1.807, 2.05) is 19.0 Å². The first kappa shape index (κ1) is 12.4. The highest BCUT2D eigenvalue weighted by atomic mass is 16.5. The summed E-state index contributed by atoms with van der Waals surface area (Å²) in [4.78, 5) is 14.8. The van der Waals surface area contributed by atoms with Crippen molar-refractivity contribution in [2.75, 3.05) is 46.9 Å². The number of hydrogen-bond donors (Lipinski definition) is 1. The fourth-order valence-corrected chi connectivity index (χ4v) is 1.70. The van der Waals surface area contributed by atoms with Crippen LogP contribution in [-0.2, 0) is 9.53 Å². The van der Waals surface area contributed by atoms with E-state index in [2.05, 4.69) is 4.90 Å². The average molecular weight is 216 g/mol. The molecule has 0 aromatic heterocycles. The maximum atomic E-state index is 10.7. The predicted octanol–water partition coefficient (Wildman–Crippen LogP) is -0.276. The van der Waals surface area contributed by atoms with Crippen molar-refractivity contribution in [3.63, 3.8) is 0 Å². The van der Waals surface area contributed by atoms with E-state index in [0.29, 0.717) is 6.61 Å². The molecular weight excluding hydrogens is 196 g/mol. The van der Waals surface area contributed by atoms with Gasteiger partial charge in [-0.1, -0.05) is 0 Å². The molecule has 1 aliphatic heterocycles. The van der Waals surface area contributed by atoms with Crippen LogP contribution in [0.5, 0.6) is 0 Å². The van der Waals surface area contributed by atoms with Gasteiger partial charge in [-0.25, -0.2) is 0 Å². The smallest absolute Gasteiger partial charge is 0.317 e. The predicted molar refractivity (Wildman–Crippen MR) is 57.0 cm³/mol. The molecule has 0 spiro atoms. The number of ether oxygens (including phenoxy) is 1. The molecule has 1 rings (SSSR count). The quantitative estimate of drug-likeness (QED) is 0.662. The molecule has 0 bridgehead atoms. The topological polar surface area (TPSA) is 53.0 Å². The third-order valence-corrected chi connectivity index (χ3v) is 2.59. The normalized spacial score (nSPS) is 21.5. The molecule has 0 amide bonds. The molecule has 5 nitrogen and oxygen atoms in total. The summed E-state index contributed by atoms with van der Waals surface area (Å²) in [5, 5.41) is 8.81. The van der Waals surface area contributed by atoms with E-state index in [9.17, 15) is 4.79 Å². The van der Waals surface area contributed by atoms with Crippen molar-refractivity contribution in [1.82, 2.24) is 9.80 Å². The van der Waals surface area contributed by atoms with Gasteiger partial charge in [0.2, 0.25) is 0 Å². The van der Waals surface area contributed by atoms with Crippen molar-refractivity contribution in [3.8, 4) is 0 Å². The van der Waals surface area contributed by atoms with Crippen molar-refractivity contribution in [2.24, 2.45) is 0 Å². The highest BCUT2D eigenvalue weighted by Gasteiger charge is 2.24. The number of carboxylic acid groups (broad SMARTS) is 1. The van der Waals surface area contributed by atoms with E-state index in [0.717, 1.165) is 26.1 Å². The Morgan fingerprint density at radius 1 is 1.47 bits per heavy atom. The summed E-state index contributed by atoms with van der Waals surface area (Å²) in [6.45, 7) is 3.20. The lowest BCUT2D eigenvalue weighted by Crippen LogP contribution is -2.43. The van der Waals surface area contributed by atoms with Crippen LogP contribution >= 0.6 is 0 Å². The summed E-state index contributed by atoms with van der Waals surface area (Å²) in [6, 6.07) is 0.279. The van der Waals surface area contributed by atoms with Gasteiger partial charge in [0, 0.05) is 25.7 Å². The van der Waals surface area contributed by atoms with Gasteiger partial charge in [-0.2, -0.15) is 0 Å². The highest BCUT2D eigenvalue weighted by molar-refractivity contribution is 5.69. The number of carboxylic acids is 1. The first-order valence-electron chi connectivity index (χ1n) is 5.28. The molecule has 1 aliphatic rings. The molecule has 0 aromatic carbocycles. The molecule has 1 N–H and O–H groups in total. The van der Waals surface area contributed by atoms with E-state index in [1.54, 1.807) is 0 Å². The van der Waals surface area contributed by atoms with E-state index >= 15 is 0 Å². The summed E-state index contributed by atoms with van der Waals surface area (Å²) >= 11 is 0. The molecule has 1 atom stereocenters. The summed E-state index contributed by atoms with van der Waals surface area (Å²) in [6.07, 6.45) is 0.945. The molecule has 1 saturated heterocycles. The summed E-state index contributed by atoms with van der Waals surface area (Å²) < 4.78 is 5.28. The van der Waals surface area contributed by atoms with E-state index in [-0.39, 0.29) is 12.6 Å². The number of rotatable bonds is 6. The summed E-state index contributed by atoms with van der Waals surface area (Å²) in [5.41, 5.74) is 0. The molecule has 0 aromatic rings. The maximum Gasteiger partial charge on any atom is 0.317 e. The van der Waals surface area contributed by atoms with Crippen LogP contribution in [-0.4, -0.2) is 73.9 Å². The summed E-state index contributed by atoms with van der Waals surface area (Å²) in [5.74, 6) is -0.763. The van der Waals surface area contributed by atoms with E-state index in [1.165, 1.54) is 0 Å². The second kappa shape index (κ2) is 6.05. The monoisotopic (exact) mass is 216 g/mol. The molecule has 0 saturated carbocycles. The Labute approximate surface area is 90.6 Å². The Hall–Kier alpha value is -0.650. The van der Waals surface area contributed by atoms with Gasteiger partial charge in [0.25, 0.3) is 0 Å². The van der Waals surface area contributed by atoms with Crippen molar-refractivity contribution in [3.05, 3.63) is 0 Å². The molecule has 15 heavy (non-hydrogen) atoms. The second-order valence-electron chi connectivity index (χ2n) is 4.18. The van der Waals surface area contributed by atoms with Crippen LogP contribution < -0.4 is 0 Å². The minimum absolute atomic E-state index is 0.113. The Kier molecular flexibility index (Phi) is 5.01. The van der Waals surface area contributed by atoms with Crippen LogP contribution in [0.25, 0.3) is 0 Å². The first-order chi connectivity index (χ1) is 7.09. The van der Waals surface area contributed by atoms with Gasteiger partial charge in [0.05, 0.1) is 13.2 Å². The average Bonchev–Trinajstić information content (AvgIpc) is 2.63. The molecule has 0 radical (unpaired) electrons. The highest BCUT2D eigenvalue weighted by Crippen LogP contribution is 2.11. The van der Waals surface area contributed by atoms with Crippen LogP contribution in [0.2, 0.25) is 0 Å². The lowest BCUT2D eigenvalue weighted by Gasteiger charge is -2.27. The summed E-state index contributed by atoms with van der Waals surface area (Å²) in [7, 11) is 3.98. The third kappa shape index (κ3) is 4.59. The minimum atomic E-state index is -0.763. The van der Waals surface area contributed by atoms with Crippen LogP contribution in [0.1, 0.15) is 6.42 Å². The fraction of sp³-hybridized carbons (Fsp3) is 0.900. The Balaban J connectivity index is 2.40. The van der Waals surface area contributed by atoms with Gasteiger partial charge in [-0.05, 0) is 20.5 Å². The second-order valence-corrected chi connectivity index (χ2v) is 4.18. The Morgan fingerprint density at radius 2 is 2.20 bits per heavy atom. The lowest BCUT2D eigenvalue weighted by molar-refractivity contribution is -0.139. The van der Waals surface area contributed by atoms with Gasteiger partial charge in [0.1, 0.15) is 0 Å². The molecule has 5 heteroatoms. The first-order valence-corrected chi connectivity index (χ1v) is 5.28. The van der Waals surface area contributed by atoms with Crippen LogP contribution in [0, 0.1) is 0 Å². The van der Waals surface area contributed by atoms with E-state index in [4.69, 9.17) is 9.84 Å². The molecule has 1 heterocycles. The molecule has 0 aliphatic carbocycles. The van der Waals surface area contributed by atoms with Crippen LogP contribution in [0.15, 0.2) is 0 Å². The van der Waals surface area contributed by atoms with Gasteiger partial charge in [-0.15, -0.1) is 0 Å². The zero-order valence-corrected chi connectivity index (χ0v) is 9.48. The SMILES string of the molecule is CN(C)CCN(CC(=O)O)C1CCOC1. The number of nitrogens with zero attached hydrogens (tertiary/aromatic N) is 2. The standard InChI is InChI=1S/C10H20N2O3/c1-11(2)4-5-12(7-10(13)14)9-3-6-15-8-9/h9H,3-8H2,1-2H3,(H,13,14). The van der Waals surface area contributed by atoms with Crippen LogP contribution in [0.4, 0.5) is 0 Å². The molecular formula is C10H20N2O3. The minimum Gasteiger partial charge on any atom is -0.480 e. The van der Waals surface area contributed by atoms with Crippen LogP contribution in [0.3, 0.4) is 0 Å². The Bertz CT molecular complexity index is 203. The zero-order valence-electron chi connectivity index (χ0n) is 9.48. The van der Waals surface area contributed by atoms with Crippen molar-refractivity contribution < 1.29 is 14.6 Å². The molecule has 1 unspecified atom stereocenters. The van der Waals surface area contributed by atoms with Gasteiger partial charge in [0.15, 0.2) is 0 Å². The number of hydrogen-bond acceptors (Lipinski definition) is 4. The van der Waals surface area contributed by atoms with Gasteiger partial charge >= 0.3 is 5.97 Å². The van der Waals surface area contributed by atoms with Crippen molar-refractivity contribution in [1.29, 1.82) is 0 Å². The number of carbonyl (C=O) groups is 1. The van der Waals surface area contributed by atoms with Crippen molar-refractivity contribution in [2.45, 2.75) is 12.5 Å². The molecule has 88 valence electrons. The number of likely N-dealkylation sites (N-methyl/N-ethyl adjacent to an activating group) is 1. The molecule has 1 fully saturated rings. The maximum absolute atomic E-state index is 10.7. The fourth-order valence-electron chi connectivity index (χ4n) is 1.70. The van der Waals surface area contributed by atoms with Gasteiger partial charge < -0.3 is 14.7 Å². The third-order valence-electron chi connectivity index (χ3n) is 2.59. The number of aliphatic carboxylic acids is 1. The van der Waals surface area contributed by atoms with E-state index < -0.39 is 5.97 Å².